The minimum absolute atomic E-state index is 0.0102. The number of nitrogens with zero attached hydrogens (tertiary/aromatic N) is 2. The van der Waals surface area contributed by atoms with Gasteiger partial charge in [-0.3, -0.25) is 4.79 Å². The lowest BCUT2D eigenvalue weighted by Gasteiger charge is -2.19. The van der Waals surface area contributed by atoms with Crippen molar-refractivity contribution in [3.63, 3.8) is 0 Å². The highest BCUT2D eigenvalue weighted by molar-refractivity contribution is 5.79. The van der Waals surface area contributed by atoms with Crippen molar-refractivity contribution in [1.29, 1.82) is 0 Å². The van der Waals surface area contributed by atoms with Crippen LogP contribution in [0.5, 0.6) is 11.5 Å². The zero-order valence-electron chi connectivity index (χ0n) is 15.2. The average Bonchev–Trinajstić information content (AvgIpc) is 3.23. The summed E-state index contributed by atoms with van der Waals surface area (Å²) in [6.45, 7) is 4.80. The molecule has 2 aliphatic rings. The molecular formula is C19H27N3O3. The van der Waals surface area contributed by atoms with Gasteiger partial charge in [-0.05, 0) is 43.9 Å². The molecular weight excluding hydrogens is 318 g/mol. The predicted octanol–water partition coefficient (Wildman–Crippen LogP) is 4.01. The molecule has 6 heteroatoms. The second-order valence-corrected chi connectivity index (χ2v) is 6.96. The first-order valence-corrected chi connectivity index (χ1v) is 9.12. The quantitative estimate of drug-likeness (QED) is 0.723. The zero-order chi connectivity index (χ0) is 17.9. The van der Waals surface area contributed by atoms with Gasteiger partial charge in [-0.15, -0.1) is 0 Å². The highest BCUT2D eigenvalue weighted by atomic mass is 16.5. The molecule has 1 N–H and O–H groups in total. The number of benzene rings is 1. The Bertz CT molecular complexity index is 653. The second kappa shape index (κ2) is 7.42. The van der Waals surface area contributed by atoms with Crippen molar-refractivity contribution in [2.45, 2.75) is 57.7 Å². The normalized spacial score (nSPS) is 21.2. The molecule has 1 fully saturated rings. The van der Waals surface area contributed by atoms with Gasteiger partial charge in [0.1, 0.15) is 0 Å². The van der Waals surface area contributed by atoms with Crippen LogP contribution in [0.25, 0.3) is 0 Å². The fourth-order valence-corrected chi connectivity index (χ4v) is 3.29. The van der Waals surface area contributed by atoms with E-state index >= 15 is 0 Å². The van der Waals surface area contributed by atoms with Gasteiger partial charge in [-0.25, -0.2) is 0 Å². The molecule has 0 radical (unpaired) electrons. The molecule has 25 heavy (non-hydrogen) atoms. The van der Waals surface area contributed by atoms with Crippen molar-refractivity contribution >= 4 is 5.91 Å². The lowest BCUT2D eigenvalue weighted by molar-refractivity contribution is -0.125. The molecule has 1 aliphatic carbocycles. The van der Waals surface area contributed by atoms with Crippen molar-refractivity contribution in [1.82, 2.24) is 5.32 Å². The van der Waals surface area contributed by atoms with Crippen LogP contribution >= 0.6 is 0 Å². The first-order chi connectivity index (χ1) is 12.1. The Morgan fingerprint density at radius 3 is 2.84 bits per heavy atom. The van der Waals surface area contributed by atoms with E-state index in [1.807, 2.05) is 25.1 Å². The summed E-state index contributed by atoms with van der Waals surface area (Å²) >= 11 is 0. The number of unbranched alkanes of at least 4 members (excludes halogenated alkanes) is 1. The van der Waals surface area contributed by atoms with Crippen LogP contribution in [0.15, 0.2) is 28.4 Å². The molecule has 1 spiro atoms. The molecule has 1 aromatic carbocycles. The summed E-state index contributed by atoms with van der Waals surface area (Å²) in [4.78, 5) is 12.5. The Hall–Kier alpha value is -2.11. The van der Waals surface area contributed by atoms with Gasteiger partial charge in [0.15, 0.2) is 17.2 Å². The summed E-state index contributed by atoms with van der Waals surface area (Å²) in [7, 11) is 1.63. The van der Waals surface area contributed by atoms with E-state index in [0.717, 1.165) is 43.4 Å². The number of nitrogens with one attached hydrogen (secondary N) is 1. The molecule has 136 valence electrons. The van der Waals surface area contributed by atoms with E-state index in [9.17, 15) is 4.79 Å². The first kappa shape index (κ1) is 17.7. The number of carbonyl (C=O) groups is 1. The van der Waals surface area contributed by atoms with Crippen molar-refractivity contribution in [2.24, 2.45) is 16.1 Å². The number of amides is 1. The number of hydrogen-bond donors (Lipinski definition) is 1. The van der Waals surface area contributed by atoms with E-state index in [1.54, 1.807) is 7.11 Å². The second-order valence-electron chi connectivity index (χ2n) is 6.96. The van der Waals surface area contributed by atoms with Crippen LogP contribution in [-0.4, -0.2) is 25.3 Å². The van der Waals surface area contributed by atoms with Gasteiger partial charge < -0.3 is 14.8 Å². The molecule has 1 amide bonds. The Morgan fingerprint density at radius 1 is 1.40 bits per heavy atom. The fourth-order valence-electron chi connectivity index (χ4n) is 3.29. The summed E-state index contributed by atoms with van der Waals surface area (Å²) in [6.07, 6.45) is 4.61. The van der Waals surface area contributed by atoms with Gasteiger partial charge >= 0.3 is 0 Å². The largest absolute Gasteiger partial charge is 0.493 e. The molecule has 0 bridgehead atoms. The van der Waals surface area contributed by atoms with E-state index in [4.69, 9.17) is 9.47 Å². The Labute approximate surface area is 149 Å². The van der Waals surface area contributed by atoms with Crippen LogP contribution < -0.4 is 14.8 Å². The van der Waals surface area contributed by atoms with Gasteiger partial charge in [0, 0.05) is 12.3 Å². The number of ether oxygens (including phenoxy) is 2. The molecule has 3 rings (SSSR count). The fraction of sp³-hybridized carbons (Fsp3) is 0.632. The number of carbonyl (C=O) groups excluding carboxylic acids is 1. The summed E-state index contributed by atoms with van der Waals surface area (Å²) in [5.74, 6) is 1.54. The van der Waals surface area contributed by atoms with Crippen LogP contribution in [0.2, 0.25) is 0 Å². The van der Waals surface area contributed by atoms with Crippen LogP contribution in [0.1, 0.15) is 57.6 Å². The molecule has 1 saturated carbocycles. The zero-order valence-corrected chi connectivity index (χ0v) is 15.2. The van der Waals surface area contributed by atoms with Crippen LogP contribution in [0.4, 0.5) is 0 Å². The molecule has 0 saturated heterocycles. The lowest BCUT2D eigenvalue weighted by atomic mass is 10.0. The smallest absolute Gasteiger partial charge is 0.223 e. The van der Waals surface area contributed by atoms with E-state index in [2.05, 4.69) is 22.5 Å². The van der Waals surface area contributed by atoms with Crippen molar-refractivity contribution in [2.75, 3.05) is 13.7 Å². The molecule has 2 atom stereocenters. The molecule has 1 aromatic rings. The van der Waals surface area contributed by atoms with Gasteiger partial charge in [0.05, 0.1) is 19.8 Å². The van der Waals surface area contributed by atoms with E-state index in [0.29, 0.717) is 12.4 Å². The average molecular weight is 345 g/mol. The standard InChI is InChI=1S/C19H27N3O3/c1-4-5-10-25-16-7-6-14(11-17(16)24-3)13(2)20-18(23)15-8-9-19(12-15)21-22-19/h6-7,11,13,15H,4-5,8-10,12H2,1-3H3,(H,20,23). The van der Waals surface area contributed by atoms with Gasteiger partial charge in [0.25, 0.3) is 0 Å². The van der Waals surface area contributed by atoms with E-state index in [-0.39, 0.29) is 23.5 Å². The predicted molar refractivity (Wildman–Crippen MR) is 94.9 cm³/mol. The third-order valence-corrected chi connectivity index (χ3v) is 5.02. The number of hydrogen-bond acceptors (Lipinski definition) is 5. The van der Waals surface area contributed by atoms with Crippen molar-refractivity contribution in [3.05, 3.63) is 23.8 Å². The van der Waals surface area contributed by atoms with Crippen molar-refractivity contribution < 1.29 is 14.3 Å². The third kappa shape index (κ3) is 4.11. The molecule has 6 nitrogen and oxygen atoms in total. The maximum atomic E-state index is 12.5. The van der Waals surface area contributed by atoms with E-state index < -0.39 is 0 Å². The van der Waals surface area contributed by atoms with Gasteiger partial charge in [-0.2, -0.15) is 10.2 Å². The summed E-state index contributed by atoms with van der Waals surface area (Å²) in [5.41, 5.74) is 0.785. The van der Waals surface area contributed by atoms with Gasteiger partial charge in [0.2, 0.25) is 5.91 Å². The Balaban J connectivity index is 1.59. The number of rotatable bonds is 8. The maximum Gasteiger partial charge on any atom is 0.223 e. The minimum atomic E-state index is -0.216. The maximum absolute atomic E-state index is 12.5. The highest BCUT2D eigenvalue weighted by Gasteiger charge is 2.49. The molecule has 2 unspecified atom stereocenters. The Kier molecular flexibility index (Phi) is 5.25. The minimum Gasteiger partial charge on any atom is -0.493 e. The van der Waals surface area contributed by atoms with Gasteiger partial charge in [-0.1, -0.05) is 19.4 Å². The van der Waals surface area contributed by atoms with Crippen molar-refractivity contribution in [3.8, 4) is 11.5 Å². The lowest BCUT2D eigenvalue weighted by Crippen LogP contribution is -2.32. The molecule has 0 aromatic heterocycles. The number of methoxy groups -OCH3 is 1. The third-order valence-electron chi connectivity index (χ3n) is 5.02. The molecule has 1 heterocycles. The Morgan fingerprint density at radius 2 is 2.20 bits per heavy atom. The SMILES string of the molecule is CCCCOc1ccc(C(C)NC(=O)C2CCC3(C2)N=N3)cc1OC. The van der Waals surface area contributed by atoms with Crippen LogP contribution in [-0.2, 0) is 4.79 Å². The summed E-state index contributed by atoms with van der Waals surface area (Å²) in [5, 5.41) is 11.3. The van der Waals surface area contributed by atoms with E-state index in [1.165, 1.54) is 0 Å². The topological polar surface area (TPSA) is 72.3 Å². The van der Waals surface area contributed by atoms with Crippen LogP contribution in [0, 0.1) is 5.92 Å². The van der Waals surface area contributed by atoms with Crippen LogP contribution in [0.3, 0.4) is 0 Å². The highest BCUT2D eigenvalue weighted by Crippen LogP contribution is 2.47. The molecule has 1 aliphatic heterocycles. The first-order valence-electron chi connectivity index (χ1n) is 9.12. The monoisotopic (exact) mass is 345 g/mol. The summed E-state index contributed by atoms with van der Waals surface area (Å²) < 4.78 is 11.2. The summed E-state index contributed by atoms with van der Waals surface area (Å²) in [6, 6.07) is 5.75.